The van der Waals surface area contributed by atoms with Crippen molar-refractivity contribution in [2.75, 3.05) is 9.80 Å². The van der Waals surface area contributed by atoms with Crippen molar-refractivity contribution in [3.63, 3.8) is 0 Å². The Hall–Kier alpha value is -11.8. The van der Waals surface area contributed by atoms with Gasteiger partial charge in [-0.15, -0.1) is 0 Å². The summed E-state index contributed by atoms with van der Waals surface area (Å²) in [5.41, 5.74) is 19.7. The molecule has 0 saturated carbocycles. The summed E-state index contributed by atoms with van der Waals surface area (Å²) in [5, 5.41) is 14.4. The zero-order chi connectivity index (χ0) is 58.8. The molecule has 0 aliphatic rings. The molecule has 17 aromatic rings. The average Bonchev–Trinajstić information content (AvgIpc) is 2.70. The van der Waals surface area contributed by atoms with Crippen LogP contribution < -0.4 is 9.80 Å². The summed E-state index contributed by atoms with van der Waals surface area (Å²) < 4.78 is 6.67. The first-order valence-electron chi connectivity index (χ1n) is 30.5. The van der Waals surface area contributed by atoms with Crippen LogP contribution in [0.1, 0.15) is 0 Å². The van der Waals surface area contributed by atoms with E-state index < -0.39 is 0 Å². The highest BCUT2D eigenvalue weighted by molar-refractivity contribution is 6.19. The van der Waals surface area contributed by atoms with Crippen LogP contribution in [0.4, 0.5) is 34.1 Å². The minimum atomic E-state index is 0.880. The van der Waals surface area contributed by atoms with Gasteiger partial charge in [0.2, 0.25) is 0 Å². The quantitative estimate of drug-likeness (QED) is 0.120. The minimum Gasteiger partial charge on any atom is -0.455 e. The molecular formula is C86H56N2O. The van der Waals surface area contributed by atoms with E-state index in [4.69, 9.17) is 4.42 Å². The van der Waals surface area contributed by atoms with Crippen LogP contribution in [-0.2, 0) is 0 Å². The maximum Gasteiger partial charge on any atom is 0.143 e. The molecule has 0 saturated heterocycles. The van der Waals surface area contributed by atoms with Gasteiger partial charge in [-0.25, -0.2) is 0 Å². The van der Waals surface area contributed by atoms with Gasteiger partial charge < -0.3 is 14.2 Å². The zero-order valence-corrected chi connectivity index (χ0v) is 48.6. The summed E-state index contributed by atoms with van der Waals surface area (Å²) in [6.45, 7) is 0. The maximum atomic E-state index is 6.67. The molecule has 416 valence electrons. The number of para-hydroxylation sites is 1. The van der Waals surface area contributed by atoms with Gasteiger partial charge in [-0.3, -0.25) is 0 Å². The largest absolute Gasteiger partial charge is 0.455 e. The fourth-order valence-corrected chi connectivity index (χ4v) is 13.6. The third-order valence-electron chi connectivity index (χ3n) is 18.0. The standard InChI is InChI=1S/C86H56N2O/c1-2-19-65-53-67(39-35-57(65)15-1)66-21-11-24-73(54-66)88(74-50-52-78-69(56-74)40-38-61-17-4-7-26-76(61)78)83-31-10-9-27-79(83)68-22-12-23-72(55-68)87(70-46-41-59(42-47-70)58-33-36-63(37-34-58)77-29-13-20-60-16-3-6-25-75(60)77)71-48-43-64(44-49-71)80-30-14-32-84-85(80)82-51-45-62-18-5-8-28-81(62)86(82)89-84/h1-56H. The fourth-order valence-electron chi connectivity index (χ4n) is 13.6. The summed E-state index contributed by atoms with van der Waals surface area (Å²) in [4.78, 5) is 4.83. The van der Waals surface area contributed by atoms with E-state index in [9.17, 15) is 0 Å². The van der Waals surface area contributed by atoms with Gasteiger partial charge in [-0.05, 0) is 183 Å². The van der Waals surface area contributed by atoms with E-state index in [1.807, 2.05) is 0 Å². The lowest BCUT2D eigenvalue weighted by molar-refractivity contribution is 0.673. The van der Waals surface area contributed by atoms with Crippen LogP contribution >= 0.6 is 0 Å². The van der Waals surface area contributed by atoms with E-state index in [0.717, 1.165) is 100 Å². The number of furan rings is 1. The van der Waals surface area contributed by atoms with Crippen LogP contribution in [0.5, 0.6) is 0 Å². The van der Waals surface area contributed by atoms with E-state index in [1.54, 1.807) is 0 Å². The van der Waals surface area contributed by atoms with Crippen molar-refractivity contribution in [3.8, 4) is 55.6 Å². The molecule has 1 aromatic heterocycles. The monoisotopic (exact) mass is 1130 g/mol. The van der Waals surface area contributed by atoms with Gasteiger partial charge in [0, 0.05) is 50.2 Å². The lowest BCUT2D eigenvalue weighted by atomic mass is 9.96. The predicted octanol–water partition coefficient (Wildman–Crippen LogP) is 24.6. The van der Waals surface area contributed by atoms with Gasteiger partial charge in [0.25, 0.3) is 0 Å². The van der Waals surface area contributed by atoms with Crippen molar-refractivity contribution in [2.45, 2.75) is 0 Å². The van der Waals surface area contributed by atoms with Crippen molar-refractivity contribution < 1.29 is 4.42 Å². The number of rotatable bonds is 11. The number of hydrogen-bond donors (Lipinski definition) is 0. The van der Waals surface area contributed by atoms with Crippen LogP contribution in [0.15, 0.2) is 344 Å². The van der Waals surface area contributed by atoms with Crippen LogP contribution in [0.2, 0.25) is 0 Å². The molecule has 0 fully saturated rings. The Morgan fingerprint density at radius 2 is 0.652 bits per heavy atom. The SMILES string of the molecule is c1cc(-c2ccccc2N(c2cccc(-c3ccc4ccccc4c3)c2)c2ccc3c(ccc4ccccc43)c2)cc(N(c2ccc(-c3ccc(-c4cccc5ccccc45)cc3)cc2)c2ccc(-c3cccc4oc5c6ccccc6ccc5c34)cc2)c1. The first-order chi connectivity index (χ1) is 44.1. The lowest BCUT2D eigenvalue weighted by Gasteiger charge is -2.29. The summed E-state index contributed by atoms with van der Waals surface area (Å²) in [6, 6.07) is 124. The molecule has 0 bridgehead atoms. The Labute approximate surface area is 516 Å². The second kappa shape index (κ2) is 21.6. The van der Waals surface area contributed by atoms with Crippen LogP contribution in [-0.4, -0.2) is 0 Å². The maximum absolute atomic E-state index is 6.67. The van der Waals surface area contributed by atoms with E-state index >= 15 is 0 Å². The Bertz CT molecular complexity index is 5560. The third kappa shape index (κ3) is 9.24. The van der Waals surface area contributed by atoms with E-state index in [-0.39, 0.29) is 0 Å². The summed E-state index contributed by atoms with van der Waals surface area (Å²) in [6.07, 6.45) is 0. The molecule has 0 spiro atoms. The highest BCUT2D eigenvalue weighted by atomic mass is 16.3. The molecule has 0 amide bonds. The molecule has 0 unspecified atom stereocenters. The Morgan fingerprint density at radius 1 is 0.202 bits per heavy atom. The molecular weight excluding hydrogens is 1080 g/mol. The second-order valence-electron chi connectivity index (χ2n) is 23.2. The normalized spacial score (nSPS) is 11.6. The van der Waals surface area contributed by atoms with Crippen molar-refractivity contribution in [1.82, 2.24) is 0 Å². The number of benzene rings is 16. The minimum absolute atomic E-state index is 0.880. The molecule has 89 heavy (non-hydrogen) atoms. The molecule has 3 heteroatoms. The van der Waals surface area contributed by atoms with Gasteiger partial charge >= 0.3 is 0 Å². The first-order valence-corrected chi connectivity index (χ1v) is 30.5. The number of fused-ring (bicyclic) bond motifs is 10. The van der Waals surface area contributed by atoms with Gasteiger partial charge in [-0.1, -0.05) is 255 Å². The fraction of sp³-hybridized carbons (Fsp3) is 0. The molecule has 0 N–H and O–H groups in total. The molecule has 0 aliphatic heterocycles. The van der Waals surface area contributed by atoms with Crippen LogP contribution in [0.3, 0.4) is 0 Å². The Kier molecular flexibility index (Phi) is 12.5. The third-order valence-corrected chi connectivity index (χ3v) is 18.0. The topological polar surface area (TPSA) is 19.6 Å². The Morgan fingerprint density at radius 3 is 1.44 bits per heavy atom. The summed E-state index contributed by atoms with van der Waals surface area (Å²) >= 11 is 0. The number of nitrogens with zero attached hydrogens (tertiary/aromatic N) is 2. The molecule has 1 heterocycles. The van der Waals surface area contributed by atoms with E-state index in [0.29, 0.717) is 0 Å². The molecule has 0 atom stereocenters. The highest BCUT2D eigenvalue weighted by Crippen LogP contribution is 2.47. The average molecular weight is 1130 g/mol. The van der Waals surface area contributed by atoms with Crippen LogP contribution in [0.25, 0.3) is 131 Å². The highest BCUT2D eigenvalue weighted by Gasteiger charge is 2.22. The zero-order valence-electron chi connectivity index (χ0n) is 48.6. The van der Waals surface area contributed by atoms with Gasteiger partial charge in [-0.2, -0.15) is 0 Å². The summed E-state index contributed by atoms with van der Waals surface area (Å²) in [7, 11) is 0. The molecule has 17 rings (SSSR count). The Balaban J connectivity index is 0.787. The van der Waals surface area contributed by atoms with E-state index in [2.05, 4.69) is 350 Å². The summed E-state index contributed by atoms with van der Waals surface area (Å²) in [5.74, 6) is 0. The number of hydrogen-bond acceptors (Lipinski definition) is 3. The second-order valence-corrected chi connectivity index (χ2v) is 23.2. The molecule has 3 nitrogen and oxygen atoms in total. The van der Waals surface area contributed by atoms with E-state index in [1.165, 1.54) is 65.2 Å². The van der Waals surface area contributed by atoms with Crippen molar-refractivity contribution in [1.29, 1.82) is 0 Å². The van der Waals surface area contributed by atoms with Crippen molar-refractivity contribution >= 4 is 110 Å². The lowest BCUT2D eigenvalue weighted by Crippen LogP contribution is -2.12. The van der Waals surface area contributed by atoms with Crippen molar-refractivity contribution in [3.05, 3.63) is 340 Å². The van der Waals surface area contributed by atoms with Gasteiger partial charge in [0.05, 0.1) is 5.69 Å². The van der Waals surface area contributed by atoms with Crippen LogP contribution in [0, 0.1) is 0 Å². The molecule has 0 radical (unpaired) electrons. The smallest absolute Gasteiger partial charge is 0.143 e. The first kappa shape index (κ1) is 51.6. The van der Waals surface area contributed by atoms with Crippen molar-refractivity contribution in [2.24, 2.45) is 0 Å². The van der Waals surface area contributed by atoms with Gasteiger partial charge in [0.1, 0.15) is 11.2 Å². The molecule has 0 aliphatic carbocycles. The number of anilines is 6. The predicted molar refractivity (Wildman–Crippen MR) is 378 cm³/mol. The van der Waals surface area contributed by atoms with Gasteiger partial charge in [0.15, 0.2) is 0 Å². The molecule has 16 aromatic carbocycles.